The first-order valence-electron chi connectivity index (χ1n) is 9.73. The monoisotopic (exact) mass is 423 g/mol. The van der Waals surface area contributed by atoms with Gasteiger partial charge in [0.1, 0.15) is 0 Å². The Morgan fingerprint density at radius 3 is 2.57 bits per heavy atom. The minimum Gasteiger partial charge on any atom is -0.489 e. The topological polar surface area (TPSA) is 106 Å². The third-order valence-corrected chi connectivity index (χ3v) is 5.86. The summed E-state index contributed by atoms with van der Waals surface area (Å²) < 4.78 is 40.5. The van der Waals surface area contributed by atoms with Gasteiger partial charge in [0.2, 0.25) is 0 Å². The summed E-state index contributed by atoms with van der Waals surface area (Å²) in [6.45, 7) is -2.67. The first-order valence-corrected chi connectivity index (χ1v) is 9.73. The van der Waals surface area contributed by atoms with Crippen LogP contribution in [0, 0.1) is 29.1 Å². The minimum atomic E-state index is -3.03. The SMILES string of the molecule is COC(=O)C1CC(C#N)(c2ccc(OC(F)F)c(OCC3CC3)c2)CCC1C(=O)O. The second kappa shape index (κ2) is 8.86. The van der Waals surface area contributed by atoms with Crippen molar-refractivity contribution in [1.82, 2.24) is 0 Å². The number of halogens is 2. The lowest BCUT2D eigenvalue weighted by atomic mass is 9.63. The third-order valence-electron chi connectivity index (χ3n) is 5.86. The Morgan fingerprint density at radius 1 is 1.27 bits per heavy atom. The molecule has 3 rings (SSSR count). The second-order valence-corrected chi connectivity index (χ2v) is 7.81. The summed E-state index contributed by atoms with van der Waals surface area (Å²) in [5, 5.41) is 19.4. The Kier molecular flexibility index (Phi) is 6.44. The van der Waals surface area contributed by atoms with Crippen LogP contribution < -0.4 is 9.47 Å². The smallest absolute Gasteiger partial charge is 0.387 e. The average molecular weight is 423 g/mol. The highest BCUT2D eigenvalue weighted by Gasteiger charge is 2.48. The maximum atomic E-state index is 12.8. The molecule has 2 fully saturated rings. The lowest BCUT2D eigenvalue weighted by Crippen LogP contribution is -2.42. The van der Waals surface area contributed by atoms with Crippen LogP contribution in [0.2, 0.25) is 0 Å². The number of esters is 1. The molecule has 7 nitrogen and oxygen atoms in total. The van der Waals surface area contributed by atoms with Crippen LogP contribution in [0.3, 0.4) is 0 Å². The molecule has 3 atom stereocenters. The number of alkyl halides is 2. The number of ether oxygens (including phenoxy) is 3. The van der Waals surface area contributed by atoms with Gasteiger partial charge in [-0.1, -0.05) is 6.07 Å². The largest absolute Gasteiger partial charge is 0.489 e. The van der Waals surface area contributed by atoms with E-state index in [1.807, 2.05) is 0 Å². The number of carboxylic acids is 1. The highest BCUT2D eigenvalue weighted by Crippen LogP contribution is 2.47. The molecule has 0 amide bonds. The van der Waals surface area contributed by atoms with Gasteiger partial charge in [0.25, 0.3) is 0 Å². The second-order valence-electron chi connectivity index (χ2n) is 7.81. The Labute approximate surface area is 172 Å². The molecular weight excluding hydrogens is 400 g/mol. The number of carbonyl (C=O) groups is 2. The molecule has 2 aliphatic rings. The summed E-state index contributed by atoms with van der Waals surface area (Å²) in [6.07, 6.45) is 2.26. The van der Waals surface area contributed by atoms with Crippen LogP contribution in [0.1, 0.15) is 37.7 Å². The molecule has 2 saturated carbocycles. The lowest BCUT2D eigenvalue weighted by molar-refractivity contribution is -0.158. The van der Waals surface area contributed by atoms with E-state index >= 15 is 0 Å². The number of nitrogens with zero attached hydrogens (tertiary/aromatic N) is 1. The van der Waals surface area contributed by atoms with Gasteiger partial charge >= 0.3 is 18.6 Å². The summed E-state index contributed by atoms with van der Waals surface area (Å²) in [7, 11) is 1.17. The quantitative estimate of drug-likeness (QED) is 0.638. The molecule has 0 aliphatic heterocycles. The fourth-order valence-electron chi connectivity index (χ4n) is 3.95. The maximum Gasteiger partial charge on any atom is 0.387 e. The summed E-state index contributed by atoms with van der Waals surface area (Å²) in [4.78, 5) is 23.8. The number of methoxy groups -OCH3 is 1. The van der Waals surface area contributed by atoms with Gasteiger partial charge in [0, 0.05) is 0 Å². The van der Waals surface area contributed by atoms with Gasteiger partial charge in [-0.3, -0.25) is 9.59 Å². The lowest BCUT2D eigenvalue weighted by Gasteiger charge is -2.38. The van der Waals surface area contributed by atoms with Crippen LogP contribution in [-0.4, -0.2) is 37.4 Å². The molecule has 0 heterocycles. The molecule has 0 saturated heterocycles. The van der Waals surface area contributed by atoms with Crippen molar-refractivity contribution in [3.05, 3.63) is 23.8 Å². The van der Waals surface area contributed by atoms with Crippen molar-refractivity contribution in [1.29, 1.82) is 5.26 Å². The molecule has 30 heavy (non-hydrogen) atoms. The van der Waals surface area contributed by atoms with E-state index in [0.29, 0.717) is 18.1 Å². The fraction of sp³-hybridized carbons (Fsp3) is 0.571. The summed E-state index contributed by atoms with van der Waals surface area (Å²) in [5.74, 6) is -3.42. The molecule has 0 bridgehead atoms. The zero-order valence-electron chi connectivity index (χ0n) is 16.5. The third kappa shape index (κ3) is 4.64. The highest BCUT2D eigenvalue weighted by atomic mass is 19.3. The van der Waals surface area contributed by atoms with Crippen molar-refractivity contribution in [3.8, 4) is 17.6 Å². The molecule has 0 radical (unpaired) electrons. The average Bonchev–Trinajstić information content (AvgIpc) is 3.55. The summed E-state index contributed by atoms with van der Waals surface area (Å²) in [6, 6.07) is 6.51. The number of benzene rings is 1. The number of nitriles is 1. The van der Waals surface area contributed by atoms with Crippen molar-refractivity contribution in [2.45, 2.75) is 44.1 Å². The number of carboxylic acid groups (broad SMARTS) is 1. The van der Waals surface area contributed by atoms with Gasteiger partial charge < -0.3 is 19.3 Å². The Bertz CT molecular complexity index is 850. The number of rotatable bonds is 8. The van der Waals surface area contributed by atoms with Gasteiger partial charge in [0.15, 0.2) is 11.5 Å². The van der Waals surface area contributed by atoms with E-state index in [1.54, 1.807) is 0 Å². The van der Waals surface area contributed by atoms with E-state index < -0.39 is 35.8 Å². The van der Waals surface area contributed by atoms with Gasteiger partial charge in [-0.15, -0.1) is 0 Å². The van der Waals surface area contributed by atoms with Crippen LogP contribution in [0.15, 0.2) is 18.2 Å². The molecule has 1 aromatic rings. The summed E-state index contributed by atoms with van der Waals surface area (Å²) in [5.41, 5.74) is -0.707. The normalized spacial score (nSPS) is 26.0. The minimum absolute atomic E-state index is 0.0513. The number of carbonyl (C=O) groups excluding carboxylic acids is 1. The predicted molar refractivity (Wildman–Crippen MR) is 99.1 cm³/mol. The van der Waals surface area contributed by atoms with Crippen LogP contribution in [0.25, 0.3) is 0 Å². The molecule has 3 unspecified atom stereocenters. The van der Waals surface area contributed by atoms with Gasteiger partial charge in [-0.05, 0) is 55.7 Å². The highest BCUT2D eigenvalue weighted by molar-refractivity contribution is 5.81. The maximum absolute atomic E-state index is 12.8. The number of hydrogen-bond acceptors (Lipinski definition) is 6. The predicted octanol–water partition coefficient (Wildman–Crippen LogP) is 3.51. The molecular formula is C21H23F2NO6. The van der Waals surface area contributed by atoms with E-state index in [1.165, 1.54) is 25.3 Å². The van der Waals surface area contributed by atoms with E-state index in [-0.39, 0.29) is 30.8 Å². The van der Waals surface area contributed by atoms with E-state index in [9.17, 15) is 28.7 Å². The van der Waals surface area contributed by atoms with Crippen molar-refractivity contribution < 1.29 is 37.7 Å². The van der Waals surface area contributed by atoms with E-state index in [2.05, 4.69) is 10.8 Å². The molecule has 2 aliphatic carbocycles. The zero-order valence-corrected chi connectivity index (χ0v) is 16.5. The zero-order chi connectivity index (χ0) is 21.9. The van der Waals surface area contributed by atoms with Crippen molar-refractivity contribution >= 4 is 11.9 Å². The molecule has 1 aromatic carbocycles. The first-order chi connectivity index (χ1) is 14.3. The van der Waals surface area contributed by atoms with Crippen LogP contribution in [-0.2, 0) is 19.7 Å². The van der Waals surface area contributed by atoms with Gasteiger partial charge in [-0.2, -0.15) is 14.0 Å². The standard InChI is InChI=1S/C21H23F2NO6/c1-28-19(27)15-9-21(11-24,7-6-14(15)18(25)26)13-4-5-16(30-20(22)23)17(8-13)29-10-12-2-3-12/h4-5,8,12,14-15,20H,2-3,6-7,9-10H2,1H3,(H,25,26). The number of hydrogen-bond donors (Lipinski definition) is 1. The van der Waals surface area contributed by atoms with Crippen molar-refractivity contribution in [3.63, 3.8) is 0 Å². The Balaban J connectivity index is 1.94. The van der Waals surface area contributed by atoms with Gasteiger partial charge in [0.05, 0.1) is 37.0 Å². The van der Waals surface area contributed by atoms with E-state index in [4.69, 9.17) is 9.47 Å². The number of aliphatic carboxylic acids is 1. The molecule has 0 aromatic heterocycles. The summed E-state index contributed by atoms with van der Waals surface area (Å²) >= 11 is 0. The van der Waals surface area contributed by atoms with Crippen LogP contribution in [0.5, 0.6) is 11.5 Å². The Morgan fingerprint density at radius 2 is 2.00 bits per heavy atom. The van der Waals surface area contributed by atoms with Gasteiger partial charge in [-0.25, -0.2) is 0 Å². The Hall–Kier alpha value is -2.89. The molecule has 162 valence electrons. The molecule has 0 spiro atoms. The van der Waals surface area contributed by atoms with Crippen molar-refractivity contribution in [2.24, 2.45) is 17.8 Å². The van der Waals surface area contributed by atoms with Crippen LogP contribution >= 0.6 is 0 Å². The van der Waals surface area contributed by atoms with Crippen LogP contribution in [0.4, 0.5) is 8.78 Å². The molecule has 1 N–H and O–H groups in total. The fourth-order valence-corrected chi connectivity index (χ4v) is 3.95. The molecule has 9 heteroatoms. The van der Waals surface area contributed by atoms with Crippen molar-refractivity contribution in [2.75, 3.05) is 13.7 Å². The first kappa shape index (κ1) is 21.8. The van der Waals surface area contributed by atoms with E-state index in [0.717, 1.165) is 12.8 Å².